The van der Waals surface area contributed by atoms with Gasteiger partial charge in [-0.25, -0.2) is 0 Å². The molecule has 1 aromatic rings. The second-order valence-corrected chi connectivity index (χ2v) is 4.85. The lowest BCUT2D eigenvalue weighted by molar-refractivity contribution is 0.264. The molecule has 3 nitrogen and oxygen atoms in total. The van der Waals surface area contributed by atoms with Crippen molar-refractivity contribution in [2.24, 2.45) is 5.92 Å². The van der Waals surface area contributed by atoms with Crippen molar-refractivity contribution in [3.05, 3.63) is 24.3 Å². The Morgan fingerprint density at radius 3 is 2.83 bits per heavy atom. The van der Waals surface area contributed by atoms with Crippen LogP contribution < -0.4 is 14.8 Å². The summed E-state index contributed by atoms with van der Waals surface area (Å²) in [4.78, 5) is 0. The van der Waals surface area contributed by atoms with Gasteiger partial charge < -0.3 is 14.8 Å². The Kier molecular flexibility index (Phi) is 5.34. The molecule has 0 radical (unpaired) electrons. The van der Waals surface area contributed by atoms with E-state index < -0.39 is 0 Å². The Morgan fingerprint density at radius 1 is 1.28 bits per heavy atom. The monoisotopic (exact) mass is 249 g/mol. The van der Waals surface area contributed by atoms with Crippen molar-refractivity contribution in [3.8, 4) is 11.5 Å². The van der Waals surface area contributed by atoms with E-state index in [1.54, 1.807) is 7.11 Å². The molecule has 1 atom stereocenters. The molecule has 0 aliphatic carbocycles. The normalized spacial score (nSPS) is 19.5. The van der Waals surface area contributed by atoms with Crippen molar-refractivity contribution >= 4 is 0 Å². The molecule has 1 aliphatic heterocycles. The van der Waals surface area contributed by atoms with Crippen LogP contribution in [0.15, 0.2) is 24.3 Å². The quantitative estimate of drug-likeness (QED) is 0.786. The van der Waals surface area contributed by atoms with E-state index in [9.17, 15) is 0 Å². The van der Waals surface area contributed by atoms with Crippen molar-refractivity contribution in [2.45, 2.75) is 25.7 Å². The Balaban J connectivity index is 1.68. The fraction of sp³-hybridized carbons (Fsp3) is 0.600. The molecule has 1 unspecified atom stereocenters. The lowest BCUT2D eigenvalue weighted by Crippen LogP contribution is -2.29. The standard InChI is InChI=1S/C15H23NO2/c1-17-14-8-2-3-9-15(14)18-11-5-7-13-6-4-10-16-12-13/h2-3,8-9,13,16H,4-7,10-12H2,1H3. The van der Waals surface area contributed by atoms with E-state index in [1.165, 1.54) is 32.4 Å². The first-order valence-electron chi connectivity index (χ1n) is 6.86. The number of hydrogen-bond donors (Lipinski definition) is 1. The van der Waals surface area contributed by atoms with Gasteiger partial charge in [0.1, 0.15) is 0 Å². The van der Waals surface area contributed by atoms with Crippen molar-refractivity contribution in [3.63, 3.8) is 0 Å². The molecule has 0 aromatic heterocycles. The zero-order valence-corrected chi connectivity index (χ0v) is 11.2. The maximum Gasteiger partial charge on any atom is 0.161 e. The molecule has 3 heteroatoms. The third-order valence-electron chi connectivity index (χ3n) is 3.48. The van der Waals surface area contributed by atoms with Crippen molar-refractivity contribution in [1.82, 2.24) is 5.32 Å². The average Bonchev–Trinajstić information content (AvgIpc) is 2.45. The van der Waals surface area contributed by atoms with Crippen LogP contribution in [0.5, 0.6) is 11.5 Å². The van der Waals surface area contributed by atoms with Crippen LogP contribution in [0.25, 0.3) is 0 Å². The number of ether oxygens (including phenoxy) is 2. The van der Waals surface area contributed by atoms with E-state index in [2.05, 4.69) is 5.32 Å². The maximum atomic E-state index is 5.77. The summed E-state index contributed by atoms with van der Waals surface area (Å²) in [7, 11) is 1.68. The van der Waals surface area contributed by atoms with Crippen molar-refractivity contribution in [2.75, 3.05) is 26.8 Å². The Hall–Kier alpha value is -1.22. The van der Waals surface area contributed by atoms with Gasteiger partial charge in [-0.05, 0) is 56.8 Å². The molecule has 1 fully saturated rings. The molecule has 0 bridgehead atoms. The van der Waals surface area contributed by atoms with Crippen LogP contribution in [0.1, 0.15) is 25.7 Å². The predicted octanol–water partition coefficient (Wildman–Crippen LogP) is 2.85. The average molecular weight is 249 g/mol. The second-order valence-electron chi connectivity index (χ2n) is 4.85. The number of benzene rings is 1. The summed E-state index contributed by atoms with van der Waals surface area (Å²) in [6.45, 7) is 3.14. The van der Waals surface area contributed by atoms with Gasteiger partial charge in [-0.2, -0.15) is 0 Å². The smallest absolute Gasteiger partial charge is 0.161 e. The number of nitrogens with one attached hydrogen (secondary N) is 1. The number of para-hydroxylation sites is 2. The summed E-state index contributed by atoms with van der Waals surface area (Å²) >= 11 is 0. The van der Waals surface area contributed by atoms with Crippen molar-refractivity contribution in [1.29, 1.82) is 0 Å². The number of methoxy groups -OCH3 is 1. The lowest BCUT2D eigenvalue weighted by atomic mass is 9.95. The van der Waals surface area contributed by atoms with Crippen LogP contribution in [0.2, 0.25) is 0 Å². The predicted molar refractivity (Wildman–Crippen MR) is 73.3 cm³/mol. The van der Waals surface area contributed by atoms with Gasteiger partial charge in [0.05, 0.1) is 13.7 Å². The highest BCUT2D eigenvalue weighted by molar-refractivity contribution is 5.39. The molecule has 1 aliphatic rings. The van der Waals surface area contributed by atoms with Gasteiger partial charge in [0.25, 0.3) is 0 Å². The minimum atomic E-state index is 0.775. The maximum absolute atomic E-state index is 5.77. The summed E-state index contributed by atoms with van der Waals surface area (Å²) in [6.07, 6.45) is 5.05. The Labute approximate surface area is 109 Å². The summed E-state index contributed by atoms with van der Waals surface area (Å²) in [6, 6.07) is 7.82. The Morgan fingerprint density at radius 2 is 2.11 bits per heavy atom. The number of rotatable bonds is 6. The first-order valence-corrected chi connectivity index (χ1v) is 6.86. The molecule has 0 amide bonds. The van der Waals surface area contributed by atoms with E-state index in [4.69, 9.17) is 9.47 Å². The molecular weight excluding hydrogens is 226 g/mol. The minimum absolute atomic E-state index is 0.775. The fourth-order valence-corrected chi connectivity index (χ4v) is 2.46. The van der Waals surface area contributed by atoms with E-state index in [-0.39, 0.29) is 0 Å². The zero-order valence-electron chi connectivity index (χ0n) is 11.2. The van der Waals surface area contributed by atoms with Gasteiger partial charge in [0, 0.05) is 0 Å². The molecule has 0 saturated carbocycles. The molecule has 1 heterocycles. The number of hydrogen-bond acceptors (Lipinski definition) is 3. The third kappa shape index (κ3) is 3.91. The molecule has 1 N–H and O–H groups in total. The molecule has 100 valence electrons. The van der Waals surface area contributed by atoms with Crippen LogP contribution in [-0.2, 0) is 0 Å². The fourth-order valence-electron chi connectivity index (χ4n) is 2.46. The minimum Gasteiger partial charge on any atom is -0.493 e. The van der Waals surface area contributed by atoms with Crippen LogP contribution in [0, 0.1) is 5.92 Å². The highest BCUT2D eigenvalue weighted by atomic mass is 16.5. The SMILES string of the molecule is COc1ccccc1OCCCC1CCCNC1. The summed E-state index contributed by atoms with van der Waals surface area (Å²) in [5.41, 5.74) is 0. The van der Waals surface area contributed by atoms with Crippen molar-refractivity contribution < 1.29 is 9.47 Å². The van der Waals surface area contributed by atoms with Crippen LogP contribution >= 0.6 is 0 Å². The molecule has 2 rings (SSSR count). The van der Waals surface area contributed by atoms with Gasteiger partial charge >= 0.3 is 0 Å². The lowest BCUT2D eigenvalue weighted by Gasteiger charge is -2.22. The molecule has 18 heavy (non-hydrogen) atoms. The summed E-state index contributed by atoms with van der Waals surface area (Å²) < 4.78 is 11.0. The third-order valence-corrected chi connectivity index (χ3v) is 3.48. The molecule has 0 spiro atoms. The highest BCUT2D eigenvalue weighted by Crippen LogP contribution is 2.26. The van der Waals surface area contributed by atoms with Crippen LogP contribution in [0.3, 0.4) is 0 Å². The molecule has 1 saturated heterocycles. The first-order chi connectivity index (χ1) is 8.90. The van der Waals surface area contributed by atoms with E-state index >= 15 is 0 Å². The summed E-state index contributed by atoms with van der Waals surface area (Å²) in [5, 5.41) is 3.45. The van der Waals surface area contributed by atoms with Gasteiger partial charge in [-0.3, -0.25) is 0 Å². The highest BCUT2D eigenvalue weighted by Gasteiger charge is 2.12. The van der Waals surface area contributed by atoms with E-state index in [1.807, 2.05) is 24.3 Å². The summed E-state index contributed by atoms with van der Waals surface area (Å²) in [5.74, 6) is 2.50. The van der Waals surface area contributed by atoms with Crippen LogP contribution in [0.4, 0.5) is 0 Å². The molecule has 1 aromatic carbocycles. The van der Waals surface area contributed by atoms with Gasteiger partial charge in [0.2, 0.25) is 0 Å². The Bertz CT molecular complexity index is 348. The van der Waals surface area contributed by atoms with E-state index in [0.717, 1.165) is 30.4 Å². The second kappa shape index (κ2) is 7.27. The zero-order chi connectivity index (χ0) is 12.6. The van der Waals surface area contributed by atoms with Crippen LogP contribution in [-0.4, -0.2) is 26.8 Å². The van der Waals surface area contributed by atoms with Gasteiger partial charge in [0.15, 0.2) is 11.5 Å². The van der Waals surface area contributed by atoms with Gasteiger partial charge in [-0.15, -0.1) is 0 Å². The van der Waals surface area contributed by atoms with E-state index in [0.29, 0.717) is 0 Å². The van der Waals surface area contributed by atoms with Gasteiger partial charge in [-0.1, -0.05) is 12.1 Å². The molecular formula is C15H23NO2. The number of piperidine rings is 1. The largest absolute Gasteiger partial charge is 0.493 e. The topological polar surface area (TPSA) is 30.5 Å². The first kappa shape index (κ1) is 13.2.